The first-order valence-corrected chi connectivity index (χ1v) is 8.05. The van der Waals surface area contributed by atoms with Crippen LogP contribution in [0, 0.1) is 0 Å². The molecule has 0 bridgehead atoms. The van der Waals surface area contributed by atoms with Crippen LogP contribution < -0.4 is 10.2 Å². The lowest BCUT2D eigenvalue weighted by Gasteiger charge is -2.16. The predicted octanol–water partition coefficient (Wildman–Crippen LogP) is 0.695. The fourth-order valence-electron chi connectivity index (χ4n) is 1.89. The van der Waals surface area contributed by atoms with Gasteiger partial charge in [0.2, 0.25) is 10.0 Å². The molecular formula is C11H22N2O4S. The van der Waals surface area contributed by atoms with Crippen molar-refractivity contribution >= 4 is 15.9 Å². The number of nitrogens with one attached hydrogen (secondary N) is 2. The second-order valence-electron chi connectivity index (χ2n) is 4.65. The Kier molecular flexibility index (Phi) is 6.04. The second-order valence-corrected chi connectivity index (χ2v) is 6.52. The Bertz CT molecular complexity index is 363. The van der Waals surface area contributed by atoms with Gasteiger partial charge in [-0.1, -0.05) is 19.8 Å². The van der Waals surface area contributed by atoms with Crippen LogP contribution in [0.5, 0.6) is 0 Å². The molecule has 1 atom stereocenters. The summed E-state index contributed by atoms with van der Waals surface area (Å²) in [5, 5.41) is 0. The minimum atomic E-state index is -3.38. The summed E-state index contributed by atoms with van der Waals surface area (Å²) in [6, 6.07) is -0.817. The lowest BCUT2D eigenvalue weighted by Crippen LogP contribution is -2.46. The molecule has 0 aromatic carbocycles. The number of carbonyl (C=O) groups excluding carboxylic acids is 1. The van der Waals surface area contributed by atoms with Gasteiger partial charge < -0.3 is 0 Å². The number of rotatable bonds is 7. The van der Waals surface area contributed by atoms with E-state index in [2.05, 4.69) is 10.2 Å². The van der Waals surface area contributed by atoms with E-state index in [1.807, 2.05) is 0 Å². The molecular weight excluding hydrogens is 256 g/mol. The predicted molar refractivity (Wildman–Crippen MR) is 68.2 cm³/mol. The lowest BCUT2D eigenvalue weighted by molar-refractivity contribution is -0.139. The zero-order valence-corrected chi connectivity index (χ0v) is 11.8. The maximum absolute atomic E-state index is 11.6. The van der Waals surface area contributed by atoms with Crippen LogP contribution in [-0.4, -0.2) is 32.2 Å². The summed E-state index contributed by atoms with van der Waals surface area (Å²) in [7, 11) is -3.38. The molecule has 0 radical (unpaired) electrons. The van der Waals surface area contributed by atoms with Crippen molar-refractivity contribution in [2.24, 2.45) is 0 Å². The number of hydrogen-bond acceptors (Lipinski definition) is 4. The molecule has 2 N–H and O–H groups in total. The highest BCUT2D eigenvalue weighted by Crippen LogP contribution is 2.19. The molecule has 0 aromatic heterocycles. The van der Waals surface area contributed by atoms with Crippen LogP contribution in [0.4, 0.5) is 0 Å². The van der Waals surface area contributed by atoms with Crippen LogP contribution in [0.3, 0.4) is 0 Å². The van der Waals surface area contributed by atoms with Gasteiger partial charge in [0.05, 0.1) is 17.9 Å². The highest BCUT2D eigenvalue weighted by Gasteiger charge is 2.22. The van der Waals surface area contributed by atoms with Crippen LogP contribution in [0.25, 0.3) is 0 Å². The molecule has 0 saturated heterocycles. The van der Waals surface area contributed by atoms with Gasteiger partial charge in [0.1, 0.15) is 0 Å². The molecule has 7 heteroatoms. The summed E-state index contributed by atoms with van der Waals surface area (Å²) in [4.78, 5) is 16.8. The van der Waals surface area contributed by atoms with E-state index in [1.54, 1.807) is 6.92 Å². The van der Waals surface area contributed by atoms with Gasteiger partial charge in [-0.05, 0) is 26.2 Å². The van der Waals surface area contributed by atoms with Crippen molar-refractivity contribution in [3.8, 4) is 0 Å². The maximum Gasteiger partial charge on any atom is 0.261 e. The molecule has 18 heavy (non-hydrogen) atoms. The van der Waals surface area contributed by atoms with E-state index in [-0.39, 0.29) is 11.9 Å². The molecule has 1 aliphatic rings. The van der Waals surface area contributed by atoms with E-state index in [4.69, 9.17) is 4.84 Å². The Labute approximate surface area is 108 Å². The van der Waals surface area contributed by atoms with Crippen molar-refractivity contribution in [3.63, 3.8) is 0 Å². The zero-order chi connectivity index (χ0) is 13.6. The Morgan fingerprint density at radius 1 is 1.39 bits per heavy atom. The average Bonchev–Trinajstić information content (AvgIpc) is 2.77. The topological polar surface area (TPSA) is 84.5 Å². The highest BCUT2D eigenvalue weighted by atomic mass is 32.2. The molecule has 1 unspecified atom stereocenters. The van der Waals surface area contributed by atoms with Gasteiger partial charge in [-0.25, -0.2) is 18.6 Å². The number of carbonyl (C=O) groups is 1. The molecule has 0 spiro atoms. The molecule has 0 heterocycles. The van der Waals surface area contributed by atoms with E-state index in [0.29, 0.717) is 6.42 Å². The summed E-state index contributed by atoms with van der Waals surface area (Å²) < 4.78 is 25.3. The number of sulfonamides is 1. The Morgan fingerprint density at radius 3 is 2.56 bits per heavy atom. The Balaban J connectivity index is 2.32. The summed E-state index contributed by atoms with van der Waals surface area (Å²) in [5.41, 5.74) is 2.32. The quantitative estimate of drug-likeness (QED) is 0.671. The van der Waals surface area contributed by atoms with E-state index in [9.17, 15) is 13.2 Å². The van der Waals surface area contributed by atoms with E-state index in [0.717, 1.165) is 25.7 Å². The third-order valence-electron chi connectivity index (χ3n) is 2.85. The van der Waals surface area contributed by atoms with Crippen LogP contribution in [0.1, 0.15) is 46.0 Å². The van der Waals surface area contributed by atoms with Crippen molar-refractivity contribution in [1.29, 1.82) is 0 Å². The maximum atomic E-state index is 11.6. The summed E-state index contributed by atoms with van der Waals surface area (Å²) in [6.07, 6.45) is 4.68. The first-order valence-electron chi connectivity index (χ1n) is 6.40. The van der Waals surface area contributed by atoms with Crippen LogP contribution in [0.15, 0.2) is 0 Å². The molecule has 1 fully saturated rings. The van der Waals surface area contributed by atoms with Crippen molar-refractivity contribution in [1.82, 2.24) is 10.2 Å². The molecule has 0 aromatic rings. The molecule has 0 aliphatic heterocycles. The SMILES string of the molecule is CCCS(=O)(=O)NC(C)C(=O)NOC1CCCC1. The van der Waals surface area contributed by atoms with Crippen LogP contribution >= 0.6 is 0 Å². The van der Waals surface area contributed by atoms with Crippen LogP contribution in [-0.2, 0) is 19.7 Å². The van der Waals surface area contributed by atoms with Gasteiger partial charge in [0.15, 0.2) is 0 Å². The Morgan fingerprint density at radius 2 is 2.00 bits per heavy atom. The smallest absolute Gasteiger partial charge is 0.261 e. The minimum absolute atomic E-state index is 0.0219. The molecule has 1 saturated carbocycles. The molecule has 106 valence electrons. The van der Waals surface area contributed by atoms with Gasteiger partial charge in [-0.2, -0.15) is 0 Å². The first kappa shape index (κ1) is 15.4. The van der Waals surface area contributed by atoms with Crippen molar-refractivity contribution in [2.75, 3.05) is 5.75 Å². The Hall–Kier alpha value is -0.660. The third-order valence-corrected chi connectivity index (χ3v) is 4.51. The van der Waals surface area contributed by atoms with E-state index in [1.165, 1.54) is 6.92 Å². The fraction of sp³-hybridized carbons (Fsp3) is 0.909. The van der Waals surface area contributed by atoms with Crippen LogP contribution in [0.2, 0.25) is 0 Å². The van der Waals surface area contributed by atoms with Crippen molar-refractivity contribution in [2.45, 2.75) is 58.1 Å². The minimum Gasteiger partial charge on any atom is -0.271 e. The fourth-order valence-corrected chi connectivity index (χ4v) is 3.19. The van der Waals surface area contributed by atoms with Gasteiger partial charge in [0.25, 0.3) is 5.91 Å². The van der Waals surface area contributed by atoms with Gasteiger partial charge in [0, 0.05) is 0 Å². The monoisotopic (exact) mass is 278 g/mol. The largest absolute Gasteiger partial charge is 0.271 e. The molecule has 6 nitrogen and oxygen atoms in total. The van der Waals surface area contributed by atoms with Gasteiger partial charge in [-0.15, -0.1) is 0 Å². The van der Waals surface area contributed by atoms with Gasteiger partial charge >= 0.3 is 0 Å². The van der Waals surface area contributed by atoms with Crippen molar-refractivity contribution < 1.29 is 18.0 Å². The average molecular weight is 278 g/mol. The first-order chi connectivity index (χ1) is 8.44. The number of hydroxylamine groups is 1. The van der Waals surface area contributed by atoms with Crippen molar-refractivity contribution in [3.05, 3.63) is 0 Å². The van der Waals surface area contributed by atoms with E-state index >= 15 is 0 Å². The van der Waals surface area contributed by atoms with Gasteiger partial charge in [-0.3, -0.25) is 9.63 Å². The summed E-state index contributed by atoms with van der Waals surface area (Å²) >= 11 is 0. The molecule has 1 rings (SSSR count). The summed E-state index contributed by atoms with van der Waals surface area (Å²) in [5.74, 6) is -0.435. The summed E-state index contributed by atoms with van der Waals surface area (Å²) in [6.45, 7) is 3.27. The van der Waals surface area contributed by atoms with E-state index < -0.39 is 22.0 Å². The normalized spacial score (nSPS) is 18.8. The number of amides is 1. The standard InChI is InChI=1S/C11H22N2O4S/c1-3-8-18(15,16)13-9(2)11(14)12-17-10-6-4-5-7-10/h9-10,13H,3-8H2,1-2H3,(H,12,14). The molecule has 1 aliphatic carbocycles. The molecule has 1 amide bonds. The highest BCUT2D eigenvalue weighted by molar-refractivity contribution is 7.89. The number of hydrogen-bond donors (Lipinski definition) is 2. The second kappa shape index (κ2) is 7.06. The zero-order valence-electron chi connectivity index (χ0n) is 10.9. The third kappa shape index (κ3) is 5.32. The lowest BCUT2D eigenvalue weighted by atomic mass is 10.3.